The number of anilines is 1. The van der Waals surface area contributed by atoms with Gasteiger partial charge in [0, 0.05) is 26.3 Å². The topological polar surface area (TPSA) is 70.4 Å². The SMILES string of the molecule is CC(C)Cn1cc(NC(=O)N(C)CCO)cn1. The minimum atomic E-state index is -0.247. The number of likely N-dealkylation sites (N-methyl/N-ethyl adjacent to an activating group) is 1. The van der Waals surface area contributed by atoms with Crippen LogP contribution in [-0.4, -0.2) is 46.0 Å². The Kier molecular flexibility index (Phi) is 4.96. The van der Waals surface area contributed by atoms with Crippen molar-refractivity contribution < 1.29 is 9.90 Å². The fourth-order valence-corrected chi connectivity index (χ4v) is 1.37. The number of urea groups is 1. The predicted molar refractivity (Wildman–Crippen MR) is 65.8 cm³/mol. The smallest absolute Gasteiger partial charge is 0.321 e. The number of aliphatic hydroxyl groups is 1. The van der Waals surface area contributed by atoms with Gasteiger partial charge in [-0.05, 0) is 5.92 Å². The Bertz CT molecular complexity index is 362. The van der Waals surface area contributed by atoms with Crippen LogP contribution in [0.2, 0.25) is 0 Å². The number of hydrogen-bond acceptors (Lipinski definition) is 3. The Morgan fingerprint density at radius 2 is 2.35 bits per heavy atom. The normalized spacial score (nSPS) is 10.6. The average Bonchev–Trinajstić information content (AvgIpc) is 2.64. The van der Waals surface area contributed by atoms with Crippen LogP contribution < -0.4 is 5.32 Å². The zero-order valence-electron chi connectivity index (χ0n) is 10.6. The third-order valence-electron chi connectivity index (χ3n) is 2.22. The van der Waals surface area contributed by atoms with Crippen LogP contribution in [0.3, 0.4) is 0 Å². The van der Waals surface area contributed by atoms with Crippen molar-refractivity contribution in [2.75, 3.05) is 25.5 Å². The van der Waals surface area contributed by atoms with Crippen molar-refractivity contribution in [3.05, 3.63) is 12.4 Å². The number of aliphatic hydroxyl groups excluding tert-OH is 1. The molecule has 96 valence electrons. The van der Waals surface area contributed by atoms with E-state index in [1.54, 1.807) is 24.1 Å². The molecule has 0 aliphatic heterocycles. The Balaban J connectivity index is 2.51. The number of nitrogens with one attached hydrogen (secondary N) is 1. The predicted octanol–water partition coefficient (Wildman–Crippen LogP) is 0.995. The van der Waals surface area contributed by atoms with E-state index in [1.807, 2.05) is 0 Å². The standard InChI is InChI=1S/C11H20N4O2/c1-9(2)7-15-8-10(6-12-15)13-11(17)14(3)4-5-16/h6,8-9,16H,4-5,7H2,1-3H3,(H,13,17). The fourth-order valence-electron chi connectivity index (χ4n) is 1.37. The molecule has 0 bridgehead atoms. The van der Waals surface area contributed by atoms with Crippen molar-refractivity contribution >= 4 is 11.7 Å². The second-order valence-electron chi connectivity index (χ2n) is 4.42. The zero-order chi connectivity index (χ0) is 12.8. The summed E-state index contributed by atoms with van der Waals surface area (Å²) in [6.07, 6.45) is 3.41. The first-order valence-electron chi connectivity index (χ1n) is 5.68. The van der Waals surface area contributed by atoms with Crippen LogP contribution in [0.4, 0.5) is 10.5 Å². The summed E-state index contributed by atoms with van der Waals surface area (Å²) < 4.78 is 1.80. The van der Waals surface area contributed by atoms with Gasteiger partial charge >= 0.3 is 6.03 Å². The van der Waals surface area contributed by atoms with Gasteiger partial charge in [-0.15, -0.1) is 0 Å². The van der Waals surface area contributed by atoms with Crippen molar-refractivity contribution in [3.8, 4) is 0 Å². The maximum atomic E-state index is 11.6. The highest BCUT2D eigenvalue weighted by Crippen LogP contribution is 2.07. The molecule has 17 heavy (non-hydrogen) atoms. The van der Waals surface area contributed by atoms with Crippen LogP contribution in [0.1, 0.15) is 13.8 Å². The highest BCUT2D eigenvalue weighted by Gasteiger charge is 2.09. The van der Waals surface area contributed by atoms with E-state index in [0.29, 0.717) is 18.2 Å². The van der Waals surface area contributed by atoms with Gasteiger partial charge in [-0.25, -0.2) is 4.79 Å². The minimum absolute atomic E-state index is 0.0451. The van der Waals surface area contributed by atoms with Crippen LogP contribution >= 0.6 is 0 Å². The van der Waals surface area contributed by atoms with Gasteiger partial charge in [0.15, 0.2) is 0 Å². The third-order valence-corrected chi connectivity index (χ3v) is 2.22. The molecule has 0 unspecified atom stereocenters. The monoisotopic (exact) mass is 240 g/mol. The lowest BCUT2D eigenvalue weighted by atomic mass is 10.2. The molecule has 0 saturated carbocycles. The molecule has 1 rings (SSSR count). The number of aromatic nitrogens is 2. The Labute approximate surface area is 101 Å². The van der Waals surface area contributed by atoms with Crippen LogP contribution in [-0.2, 0) is 6.54 Å². The lowest BCUT2D eigenvalue weighted by molar-refractivity contribution is 0.202. The van der Waals surface area contributed by atoms with E-state index in [9.17, 15) is 4.79 Å². The molecule has 0 saturated heterocycles. The molecule has 0 aliphatic carbocycles. The van der Waals surface area contributed by atoms with Gasteiger partial charge in [-0.1, -0.05) is 13.8 Å². The Morgan fingerprint density at radius 1 is 1.65 bits per heavy atom. The molecule has 0 atom stereocenters. The van der Waals surface area contributed by atoms with Crippen molar-refractivity contribution in [2.24, 2.45) is 5.92 Å². The molecule has 0 aromatic carbocycles. The van der Waals surface area contributed by atoms with E-state index in [1.165, 1.54) is 4.90 Å². The van der Waals surface area contributed by atoms with Crippen LogP contribution in [0.15, 0.2) is 12.4 Å². The summed E-state index contributed by atoms with van der Waals surface area (Å²) in [6.45, 7) is 5.30. The highest BCUT2D eigenvalue weighted by molar-refractivity contribution is 5.88. The molecular formula is C11H20N4O2. The summed E-state index contributed by atoms with van der Waals surface area (Å²) in [7, 11) is 1.63. The first-order chi connectivity index (χ1) is 8.02. The molecule has 6 nitrogen and oxygen atoms in total. The number of carbonyl (C=O) groups excluding carboxylic acids is 1. The van der Waals surface area contributed by atoms with Gasteiger partial charge in [0.25, 0.3) is 0 Å². The number of amides is 2. The molecule has 2 N–H and O–H groups in total. The maximum Gasteiger partial charge on any atom is 0.321 e. The quantitative estimate of drug-likeness (QED) is 0.806. The molecule has 1 heterocycles. The van der Waals surface area contributed by atoms with Gasteiger partial charge in [0.05, 0.1) is 18.5 Å². The van der Waals surface area contributed by atoms with E-state index >= 15 is 0 Å². The largest absolute Gasteiger partial charge is 0.395 e. The molecule has 0 spiro atoms. The van der Waals surface area contributed by atoms with Crippen LogP contribution in [0, 0.1) is 5.92 Å². The van der Waals surface area contributed by atoms with E-state index in [-0.39, 0.29) is 12.6 Å². The summed E-state index contributed by atoms with van der Waals surface area (Å²) >= 11 is 0. The summed E-state index contributed by atoms with van der Waals surface area (Å²) in [6, 6.07) is -0.247. The number of hydrogen-bond donors (Lipinski definition) is 2. The van der Waals surface area contributed by atoms with Crippen LogP contribution in [0.5, 0.6) is 0 Å². The van der Waals surface area contributed by atoms with Gasteiger partial charge < -0.3 is 15.3 Å². The summed E-state index contributed by atoms with van der Waals surface area (Å²) in [4.78, 5) is 13.0. The van der Waals surface area contributed by atoms with Crippen molar-refractivity contribution in [1.29, 1.82) is 0 Å². The number of carbonyl (C=O) groups is 1. The summed E-state index contributed by atoms with van der Waals surface area (Å²) in [5.41, 5.74) is 0.667. The molecule has 6 heteroatoms. The second kappa shape index (κ2) is 6.24. The van der Waals surface area contributed by atoms with Crippen LogP contribution in [0.25, 0.3) is 0 Å². The summed E-state index contributed by atoms with van der Waals surface area (Å²) in [5.74, 6) is 0.510. The Morgan fingerprint density at radius 3 is 2.94 bits per heavy atom. The first-order valence-corrected chi connectivity index (χ1v) is 5.68. The van der Waals surface area contributed by atoms with Crippen molar-refractivity contribution in [2.45, 2.75) is 20.4 Å². The Hall–Kier alpha value is -1.56. The third kappa shape index (κ3) is 4.44. The lowest BCUT2D eigenvalue weighted by Crippen LogP contribution is -2.33. The minimum Gasteiger partial charge on any atom is -0.395 e. The van der Waals surface area contributed by atoms with Gasteiger partial charge in [-0.3, -0.25) is 4.68 Å². The van der Waals surface area contributed by atoms with Crippen molar-refractivity contribution in [3.63, 3.8) is 0 Å². The van der Waals surface area contributed by atoms with Gasteiger partial charge in [0.1, 0.15) is 0 Å². The average molecular weight is 240 g/mol. The second-order valence-corrected chi connectivity index (χ2v) is 4.42. The summed E-state index contributed by atoms with van der Waals surface area (Å²) in [5, 5.41) is 15.6. The maximum absolute atomic E-state index is 11.6. The highest BCUT2D eigenvalue weighted by atomic mass is 16.3. The molecule has 0 fully saturated rings. The number of nitrogens with zero attached hydrogens (tertiary/aromatic N) is 3. The first kappa shape index (κ1) is 13.5. The van der Waals surface area contributed by atoms with E-state index in [4.69, 9.17) is 5.11 Å². The van der Waals surface area contributed by atoms with Crippen molar-refractivity contribution in [1.82, 2.24) is 14.7 Å². The number of rotatable bonds is 5. The molecule has 0 radical (unpaired) electrons. The molecule has 1 aromatic rings. The van der Waals surface area contributed by atoms with E-state index < -0.39 is 0 Å². The van der Waals surface area contributed by atoms with E-state index in [2.05, 4.69) is 24.3 Å². The lowest BCUT2D eigenvalue weighted by Gasteiger charge is -2.15. The zero-order valence-corrected chi connectivity index (χ0v) is 10.6. The molecule has 0 aliphatic rings. The van der Waals surface area contributed by atoms with Gasteiger partial charge in [-0.2, -0.15) is 5.10 Å². The van der Waals surface area contributed by atoms with E-state index in [0.717, 1.165) is 6.54 Å². The van der Waals surface area contributed by atoms with Gasteiger partial charge in [0.2, 0.25) is 0 Å². The molecular weight excluding hydrogens is 220 g/mol. The molecule has 2 amide bonds. The molecule has 1 aromatic heterocycles. The fraction of sp³-hybridized carbons (Fsp3) is 0.636.